The fourth-order valence-corrected chi connectivity index (χ4v) is 2.31. The van der Waals surface area contributed by atoms with Crippen LogP contribution in [0.3, 0.4) is 0 Å². The molecule has 8 heteroatoms. The lowest BCUT2D eigenvalue weighted by molar-refractivity contribution is -0.136. The Morgan fingerprint density at radius 3 is 2.19 bits per heavy atom. The number of methoxy groups -OCH3 is 3. The Hall–Kier alpha value is -3.26. The molecule has 3 N–H and O–H groups in total. The molecule has 2 amide bonds. The van der Waals surface area contributed by atoms with E-state index in [4.69, 9.17) is 14.2 Å². The van der Waals surface area contributed by atoms with E-state index in [0.717, 1.165) is 0 Å². The third-order valence-electron chi connectivity index (χ3n) is 3.80. The number of carbonyl (C=O) groups excluding carboxylic acids is 2. The highest BCUT2D eigenvalue weighted by Gasteiger charge is 2.17. The molecule has 0 bridgehead atoms. The monoisotopic (exact) mass is 374 g/mol. The fourth-order valence-electron chi connectivity index (χ4n) is 2.31. The van der Waals surface area contributed by atoms with E-state index >= 15 is 0 Å². The molecule has 1 unspecified atom stereocenters. The Morgan fingerprint density at radius 2 is 1.59 bits per heavy atom. The van der Waals surface area contributed by atoms with Gasteiger partial charge in [0.15, 0.2) is 11.5 Å². The van der Waals surface area contributed by atoms with E-state index in [1.165, 1.54) is 21.3 Å². The Morgan fingerprint density at radius 1 is 0.926 bits per heavy atom. The van der Waals surface area contributed by atoms with Crippen molar-refractivity contribution in [2.45, 2.75) is 6.10 Å². The van der Waals surface area contributed by atoms with E-state index in [0.29, 0.717) is 28.5 Å². The van der Waals surface area contributed by atoms with Crippen molar-refractivity contribution in [1.29, 1.82) is 0 Å². The summed E-state index contributed by atoms with van der Waals surface area (Å²) in [5, 5.41) is 15.1. The molecule has 0 radical (unpaired) electrons. The number of hydrogen-bond acceptors (Lipinski definition) is 6. The summed E-state index contributed by atoms with van der Waals surface area (Å²) in [5.41, 5.74) is 0.972. The molecule has 2 rings (SSSR count). The van der Waals surface area contributed by atoms with E-state index < -0.39 is 17.9 Å². The zero-order valence-corrected chi connectivity index (χ0v) is 15.3. The van der Waals surface area contributed by atoms with Crippen LogP contribution in [0, 0.1) is 0 Å². The molecule has 0 fully saturated rings. The Kier molecular flexibility index (Phi) is 7.01. The molecular weight excluding hydrogens is 352 g/mol. The second kappa shape index (κ2) is 9.44. The van der Waals surface area contributed by atoms with Crippen molar-refractivity contribution in [3.63, 3.8) is 0 Å². The van der Waals surface area contributed by atoms with Gasteiger partial charge in [-0.15, -0.1) is 0 Å². The summed E-state index contributed by atoms with van der Waals surface area (Å²) >= 11 is 0. The topological polar surface area (TPSA) is 106 Å². The highest BCUT2D eigenvalue weighted by molar-refractivity contribution is 6.39. The fraction of sp³-hybridized carbons (Fsp3) is 0.263. The zero-order chi connectivity index (χ0) is 19.8. The summed E-state index contributed by atoms with van der Waals surface area (Å²) in [5.74, 6) is -0.0745. The van der Waals surface area contributed by atoms with E-state index in [2.05, 4.69) is 10.6 Å². The molecule has 0 saturated heterocycles. The van der Waals surface area contributed by atoms with Crippen LogP contribution < -0.4 is 24.8 Å². The van der Waals surface area contributed by atoms with Gasteiger partial charge in [0.25, 0.3) is 0 Å². The number of benzene rings is 2. The summed E-state index contributed by atoms with van der Waals surface area (Å²) < 4.78 is 15.3. The number of hydrogen-bond donors (Lipinski definition) is 3. The second-order valence-electron chi connectivity index (χ2n) is 5.52. The molecule has 27 heavy (non-hydrogen) atoms. The summed E-state index contributed by atoms with van der Waals surface area (Å²) in [6.45, 7) is -0.135. The van der Waals surface area contributed by atoms with Gasteiger partial charge in [0.1, 0.15) is 5.75 Å². The molecule has 0 saturated carbocycles. The maximum Gasteiger partial charge on any atom is 0.313 e. The number of aliphatic hydroxyl groups is 1. The minimum absolute atomic E-state index is 0.135. The molecule has 0 spiro atoms. The normalized spacial score (nSPS) is 11.3. The van der Waals surface area contributed by atoms with Crippen molar-refractivity contribution in [2.24, 2.45) is 0 Å². The van der Waals surface area contributed by atoms with Crippen molar-refractivity contribution < 1.29 is 28.9 Å². The average molecular weight is 374 g/mol. The van der Waals surface area contributed by atoms with Crippen molar-refractivity contribution in [1.82, 2.24) is 5.32 Å². The summed E-state index contributed by atoms with van der Waals surface area (Å²) in [7, 11) is 4.53. The molecule has 1 atom stereocenters. The van der Waals surface area contributed by atoms with Gasteiger partial charge >= 0.3 is 11.8 Å². The predicted molar refractivity (Wildman–Crippen MR) is 99.1 cm³/mol. The number of amides is 2. The maximum absolute atomic E-state index is 11.9. The second-order valence-corrected chi connectivity index (χ2v) is 5.52. The first kappa shape index (κ1) is 20.1. The van der Waals surface area contributed by atoms with Crippen LogP contribution in [0.5, 0.6) is 17.2 Å². The lowest BCUT2D eigenvalue weighted by atomic mass is 10.1. The van der Waals surface area contributed by atoms with Crippen molar-refractivity contribution >= 4 is 17.5 Å². The van der Waals surface area contributed by atoms with Crippen LogP contribution in [0.2, 0.25) is 0 Å². The number of carbonyl (C=O) groups is 2. The maximum atomic E-state index is 11.9. The molecule has 0 heterocycles. The van der Waals surface area contributed by atoms with Crippen LogP contribution in [-0.2, 0) is 9.59 Å². The SMILES string of the molecule is COc1ccc(NC(=O)C(=O)NCC(O)c2ccc(OC)c(OC)c2)cc1. The first-order valence-electron chi connectivity index (χ1n) is 8.11. The van der Waals surface area contributed by atoms with Gasteiger partial charge in [0.05, 0.1) is 27.4 Å². The van der Waals surface area contributed by atoms with Gasteiger partial charge in [-0.05, 0) is 42.0 Å². The van der Waals surface area contributed by atoms with Gasteiger partial charge in [-0.2, -0.15) is 0 Å². The van der Waals surface area contributed by atoms with Crippen LogP contribution >= 0.6 is 0 Å². The van der Waals surface area contributed by atoms with Gasteiger partial charge in [0.2, 0.25) is 0 Å². The molecule has 8 nitrogen and oxygen atoms in total. The summed E-state index contributed by atoms with van der Waals surface area (Å²) in [6.07, 6.45) is -1.01. The zero-order valence-electron chi connectivity index (χ0n) is 15.3. The number of ether oxygens (including phenoxy) is 3. The molecule has 144 valence electrons. The van der Waals surface area contributed by atoms with Gasteiger partial charge < -0.3 is 30.0 Å². The van der Waals surface area contributed by atoms with E-state index in [9.17, 15) is 14.7 Å². The Balaban J connectivity index is 1.90. The van der Waals surface area contributed by atoms with Crippen LogP contribution in [-0.4, -0.2) is 44.8 Å². The number of nitrogens with one attached hydrogen (secondary N) is 2. The quantitative estimate of drug-likeness (QED) is 0.634. The van der Waals surface area contributed by atoms with Crippen molar-refractivity contribution in [3.8, 4) is 17.2 Å². The van der Waals surface area contributed by atoms with Gasteiger partial charge in [0, 0.05) is 12.2 Å². The number of anilines is 1. The highest BCUT2D eigenvalue weighted by atomic mass is 16.5. The average Bonchev–Trinajstić information content (AvgIpc) is 2.71. The molecule has 2 aromatic carbocycles. The Bertz CT molecular complexity index is 791. The smallest absolute Gasteiger partial charge is 0.313 e. The summed E-state index contributed by atoms with van der Waals surface area (Å²) in [6, 6.07) is 11.5. The largest absolute Gasteiger partial charge is 0.497 e. The first-order valence-corrected chi connectivity index (χ1v) is 8.11. The van der Waals surface area contributed by atoms with Crippen LogP contribution in [0.1, 0.15) is 11.7 Å². The van der Waals surface area contributed by atoms with Gasteiger partial charge in [-0.1, -0.05) is 6.07 Å². The van der Waals surface area contributed by atoms with Crippen molar-refractivity contribution in [2.75, 3.05) is 33.2 Å². The van der Waals surface area contributed by atoms with Gasteiger partial charge in [-0.3, -0.25) is 9.59 Å². The summed E-state index contributed by atoms with van der Waals surface area (Å²) in [4.78, 5) is 23.9. The van der Waals surface area contributed by atoms with Gasteiger partial charge in [-0.25, -0.2) is 0 Å². The van der Waals surface area contributed by atoms with E-state index in [1.807, 2.05) is 0 Å². The van der Waals surface area contributed by atoms with Crippen LogP contribution in [0.4, 0.5) is 5.69 Å². The molecule has 0 aliphatic carbocycles. The molecule has 0 aromatic heterocycles. The minimum atomic E-state index is -1.01. The lowest BCUT2D eigenvalue weighted by Crippen LogP contribution is -2.37. The number of aliphatic hydroxyl groups excluding tert-OH is 1. The lowest BCUT2D eigenvalue weighted by Gasteiger charge is -2.15. The Labute approximate surface area is 157 Å². The van der Waals surface area contributed by atoms with E-state index in [1.54, 1.807) is 42.5 Å². The standard InChI is InChI=1S/C19H22N2O6/c1-25-14-7-5-13(6-8-14)21-19(24)18(23)20-11-15(22)12-4-9-16(26-2)17(10-12)27-3/h4-10,15,22H,11H2,1-3H3,(H,20,23)(H,21,24). The van der Waals surface area contributed by atoms with E-state index in [-0.39, 0.29) is 6.54 Å². The molecule has 0 aliphatic heterocycles. The van der Waals surface area contributed by atoms with Crippen LogP contribution in [0.25, 0.3) is 0 Å². The first-order chi connectivity index (χ1) is 13.0. The highest BCUT2D eigenvalue weighted by Crippen LogP contribution is 2.29. The minimum Gasteiger partial charge on any atom is -0.497 e. The number of rotatable bonds is 7. The third kappa shape index (κ3) is 5.35. The van der Waals surface area contributed by atoms with Crippen LogP contribution in [0.15, 0.2) is 42.5 Å². The molecular formula is C19H22N2O6. The predicted octanol–water partition coefficient (Wildman–Crippen LogP) is 1.50. The molecule has 0 aliphatic rings. The molecule has 2 aromatic rings. The van der Waals surface area contributed by atoms with Crippen molar-refractivity contribution in [3.05, 3.63) is 48.0 Å². The third-order valence-corrected chi connectivity index (χ3v) is 3.80.